The summed E-state index contributed by atoms with van der Waals surface area (Å²) in [6.07, 6.45) is 13.7. The Morgan fingerprint density at radius 1 is 1.26 bits per heavy atom. The number of nitrogens with one attached hydrogen (secondary N) is 1. The SMILES string of the molecule is CCC1CCCCC1n1cncc1C1CCCNC1. The molecule has 2 fully saturated rings. The van der Waals surface area contributed by atoms with Gasteiger partial charge in [0.25, 0.3) is 0 Å². The molecule has 0 amide bonds. The zero-order valence-electron chi connectivity index (χ0n) is 12.1. The third kappa shape index (κ3) is 2.71. The van der Waals surface area contributed by atoms with Crippen LogP contribution in [0.2, 0.25) is 0 Å². The maximum Gasteiger partial charge on any atom is 0.0950 e. The topological polar surface area (TPSA) is 29.9 Å². The number of nitrogens with zero attached hydrogens (tertiary/aromatic N) is 2. The molecule has 1 aromatic heterocycles. The quantitative estimate of drug-likeness (QED) is 0.902. The highest BCUT2D eigenvalue weighted by Crippen LogP contribution is 2.38. The van der Waals surface area contributed by atoms with Crippen molar-refractivity contribution in [3.05, 3.63) is 18.2 Å². The van der Waals surface area contributed by atoms with Crippen LogP contribution in [0.4, 0.5) is 0 Å². The van der Waals surface area contributed by atoms with Gasteiger partial charge < -0.3 is 9.88 Å². The van der Waals surface area contributed by atoms with Crippen molar-refractivity contribution in [3.63, 3.8) is 0 Å². The van der Waals surface area contributed by atoms with E-state index in [4.69, 9.17) is 0 Å². The van der Waals surface area contributed by atoms with Crippen LogP contribution in [0.15, 0.2) is 12.5 Å². The van der Waals surface area contributed by atoms with Gasteiger partial charge in [-0.25, -0.2) is 4.98 Å². The summed E-state index contributed by atoms with van der Waals surface area (Å²) in [6.45, 7) is 4.67. The van der Waals surface area contributed by atoms with E-state index in [0.717, 1.165) is 12.5 Å². The molecule has 0 spiro atoms. The lowest BCUT2D eigenvalue weighted by atomic mass is 9.82. The molecule has 0 bridgehead atoms. The predicted octanol–water partition coefficient (Wildman–Crippen LogP) is 3.49. The fourth-order valence-corrected chi connectivity index (χ4v) is 4.04. The van der Waals surface area contributed by atoms with Crippen molar-refractivity contribution >= 4 is 0 Å². The number of aromatic nitrogens is 2. The lowest BCUT2D eigenvalue weighted by Gasteiger charge is -2.34. The Bertz CT molecular complexity index is 392. The van der Waals surface area contributed by atoms with Crippen molar-refractivity contribution in [2.75, 3.05) is 13.1 Å². The second-order valence-corrected chi connectivity index (χ2v) is 6.29. The molecule has 3 unspecified atom stereocenters. The molecular weight excluding hydrogens is 234 g/mol. The molecule has 3 heteroatoms. The summed E-state index contributed by atoms with van der Waals surface area (Å²) >= 11 is 0. The van der Waals surface area contributed by atoms with Crippen LogP contribution in [0.5, 0.6) is 0 Å². The highest BCUT2D eigenvalue weighted by molar-refractivity contribution is 5.10. The van der Waals surface area contributed by atoms with Gasteiger partial charge in [0.05, 0.1) is 6.33 Å². The third-order valence-corrected chi connectivity index (χ3v) is 5.16. The van der Waals surface area contributed by atoms with E-state index >= 15 is 0 Å². The number of piperidine rings is 1. The van der Waals surface area contributed by atoms with Gasteiger partial charge in [-0.15, -0.1) is 0 Å². The minimum Gasteiger partial charge on any atom is -0.331 e. The van der Waals surface area contributed by atoms with Gasteiger partial charge in [0, 0.05) is 30.4 Å². The van der Waals surface area contributed by atoms with E-state index in [-0.39, 0.29) is 0 Å². The van der Waals surface area contributed by atoms with Crippen molar-refractivity contribution in [1.29, 1.82) is 0 Å². The minimum absolute atomic E-state index is 0.677. The van der Waals surface area contributed by atoms with Gasteiger partial charge in [0.2, 0.25) is 0 Å². The molecule has 1 aromatic rings. The maximum atomic E-state index is 4.48. The summed E-state index contributed by atoms with van der Waals surface area (Å²) in [5, 5.41) is 3.54. The number of hydrogen-bond acceptors (Lipinski definition) is 2. The van der Waals surface area contributed by atoms with E-state index in [2.05, 4.69) is 34.3 Å². The van der Waals surface area contributed by atoms with Crippen molar-refractivity contribution in [2.45, 2.75) is 63.8 Å². The Balaban J connectivity index is 1.81. The van der Waals surface area contributed by atoms with Crippen LogP contribution in [0.3, 0.4) is 0 Å². The molecule has 2 heterocycles. The van der Waals surface area contributed by atoms with Crippen LogP contribution >= 0.6 is 0 Å². The van der Waals surface area contributed by atoms with Gasteiger partial charge in [-0.05, 0) is 38.1 Å². The molecule has 3 atom stereocenters. The Hall–Kier alpha value is -0.830. The van der Waals surface area contributed by atoms with Crippen LogP contribution < -0.4 is 5.32 Å². The van der Waals surface area contributed by atoms with Crippen LogP contribution in [0, 0.1) is 5.92 Å². The molecule has 3 nitrogen and oxygen atoms in total. The molecule has 1 saturated carbocycles. The second-order valence-electron chi connectivity index (χ2n) is 6.29. The number of imidazole rings is 1. The first-order chi connectivity index (χ1) is 9.40. The maximum absolute atomic E-state index is 4.48. The van der Waals surface area contributed by atoms with Gasteiger partial charge in [-0.3, -0.25) is 0 Å². The summed E-state index contributed by atoms with van der Waals surface area (Å²) in [7, 11) is 0. The van der Waals surface area contributed by atoms with E-state index < -0.39 is 0 Å². The number of rotatable bonds is 3. The normalized spacial score (nSPS) is 32.4. The van der Waals surface area contributed by atoms with Crippen molar-refractivity contribution in [3.8, 4) is 0 Å². The molecule has 3 rings (SSSR count). The number of hydrogen-bond donors (Lipinski definition) is 1. The molecule has 1 N–H and O–H groups in total. The van der Waals surface area contributed by atoms with Crippen LogP contribution in [-0.4, -0.2) is 22.6 Å². The summed E-state index contributed by atoms with van der Waals surface area (Å²) in [4.78, 5) is 4.48. The van der Waals surface area contributed by atoms with E-state index in [1.54, 1.807) is 0 Å². The Morgan fingerprint density at radius 2 is 2.16 bits per heavy atom. The Morgan fingerprint density at radius 3 is 2.95 bits per heavy atom. The molecule has 2 aliphatic rings. The monoisotopic (exact) mass is 261 g/mol. The van der Waals surface area contributed by atoms with Gasteiger partial charge in [0.1, 0.15) is 0 Å². The predicted molar refractivity (Wildman–Crippen MR) is 78.4 cm³/mol. The van der Waals surface area contributed by atoms with E-state index in [1.807, 2.05) is 0 Å². The van der Waals surface area contributed by atoms with Gasteiger partial charge >= 0.3 is 0 Å². The zero-order valence-corrected chi connectivity index (χ0v) is 12.1. The van der Waals surface area contributed by atoms with Crippen molar-refractivity contribution in [2.24, 2.45) is 5.92 Å². The Kier molecular flexibility index (Phi) is 4.21. The average molecular weight is 261 g/mol. The standard InChI is InChI=1S/C16H27N3/c1-2-13-6-3-4-8-15(13)19-12-18-11-16(19)14-7-5-9-17-10-14/h11-15,17H,2-10H2,1H3. The molecule has 1 saturated heterocycles. The summed E-state index contributed by atoms with van der Waals surface area (Å²) < 4.78 is 2.53. The zero-order chi connectivity index (χ0) is 13.1. The summed E-state index contributed by atoms with van der Waals surface area (Å²) in [6, 6.07) is 0.707. The van der Waals surface area contributed by atoms with Gasteiger partial charge in [-0.1, -0.05) is 26.2 Å². The fraction of sp³-hybridized carbons (Fsp3) is 0.812. The third-order valence-electron chi connectivity index (χ3n) is 5.16. The van der Waals surface area contributed by atoms with Crippen molar-refractivity contribution in [1.82, 2.24) is 14.9 Å². The van der Waals surface area contributed by atoms with Gasteiger partial charge in [-0.2, -0.15) is 0 Å². The first-order valence-corrected chi connectivity index (χ1v) is 8.12. The molecule has 0 radical (unpaired) electrons. The van der Waals surface area contributed by atoms with E-state index in [0.29, 0.717) is 12.0 Å². The molecule has 0 aromatic carbocycles. The molecular formula is C16H27N3. The summed E-state index contributed by atoms with van der Waals surface area (Å²) in [5.41, 5.74) is 1.48. The van der Waals surface area contributed by atoms with Crippen LogP contribution in [0.25, 0.3) is 0 Å². The lowest BCUT2D eigenvalue weighted by molar-refractivity contribution is 0.225. The first-order valence-electron chi connectivity index (χ1n) is 8.12. The van der Waals surface area contributed by atoms with Crippen LogP contribution in [0.1, 0.15) is 69.5 Å². The minimum atomic E-state index is 0.677. The second kappa shape index (κ2) is 6.08. The highest BCUT2D eigenvalue weighted by Gasteiger charge is 2.28. The average Bonchev–Trinajstić information content (AvgIpc) is 2.97. The van der Waals surface area contributed by atoms with Crippen LogP contribution in [-0.2, 0) is 0 Å². The van der Waals surface area contributed by atoms with Crippen molar-refractivity contribution < 1.29 is 0 Å². The smallest absolute Gasteiger partial charge is 0.0950 e. The van der Waals surface area contributed by atoms with Gasteiger partial charge in [0.15, 0.2) is 0 Å². The molecule has 1 aliphatic carbocycles. The van der Waals surface area contributed by atoms with E-state index in [1.165, 1.54) is 57.2 Å². The highest BCUT2D eigenvalue weighted by atomic mass is 15.1. The van der Waals surface area contributed by atoms with E-state index in [9.17, 15) is 0 Å². The fourth-order valence-electron chi connectivity index (χ4n) is 4.04. The largest absolute Gasteiger partial charge is 0.331 e. The summed E-state index contributed by atoms with van der Waals surface area (Å²) in [5.74, 6) is 1.54. The Labute approximate surface area is 116 Å². The molecule has 19 heavy (non-hydrogen) atoms. The lowest BCUT2D eigenvalue weighted by Crippen LogP contribution is -2.31. The molecule has 1 aliphatic heterocycles. The molecule has 106 valence electrons. The first kappa shape index (κ1) is 13.2.